The van der Waals surface area contributed by atoms with E-state index in [1.807, 2.05) is 0 Å². The number of primary sulfonamides is 1. The molecule has 0 radical (unpaired) electrons. The largest absolute Gasteiger partial charge is 0.393 e. The molecule has 1 aromatic rings. The van der Waals surface area contributed by atoms with E-state index in [4.69, 9.17) is 5.14 Å². The van der Waals surface area contributed by atoms with Crippen molar-refractivity contribution in [3.05, 3.63) is 24.3 Å². The van der Waals surface area contributed by atoms with Gasteiger partial charge in [-0.1, -0.05) is 12.1 Å². The van der Waals surface area contributed by atoms with Crippen molar-refractivity contribution in [1.29, 1.82) is 0 Å². The minimum atomic E-state index is -3.72. The molecule has 3 N–H and O–H groups in total. The minimum absolute atomic E-state index is 0.105. The first-order valence-corrected chi connectivity index (χ1v) is 6.88. The van der Waals surface area contributed by atoms with Crippen LogP contribution in [-0.4, -0.2) is 33.2 Å². The number of benzene rings is 1. The molecule has 0 fully saturated rings. The lowest BCUT2D eigenvalue weighted by Crippen LogP contribution is -2.25. The van der Waals surface area contributed by atoms with Crippen LogP contribution in [0.25, 0.3) is 0 Å². The Morgan fingerprint density at radius 3 is 2.53 bits per heavy atom. The van der Waals surface area contributed by atoms with Gasteiger partial charge < -0.3 is 10.0 Å². The highest BCUT2D eigenvalue weighted by Crippen LogP contribution is 2.22. The highest BCUT2D eigenvalue weighted by molar-refractivity contribution is 7.89. The molecule has 0 heterocycles. The Morgan fingerprint density at radius 1 is 1.41 bits per heavy atom. The van der Waals surface area contributed by atoms with Crippen molar-refractivity contribution in [2.24, 2.45) is 5.14 Å². The number of hydrogen-bond donors (Lipinski definition) is 2. The predicted molar refractivity (Wildman–Crippen MR) is 67.4 cm³/mol. The fourth-order valence-corrected chi connectivity index (χ4v) is 2.30. The molecule has 1 atom stereocenters. The smallest absolute Gasteiger partial charge is 0.240 e. The lowest BCUT2D eigenvalue weighted by atomic mass is 10.2. The molecule has 0 bridgehead atoms. The van der Waals surface area contributed by atoms with E-state index < -0.39 is 16.1 Å². The number of sulfonamides is 1. The third-order valence-corrected chi connectivity index (χ3v) is 3.42. The van der Waals surface area contributed by atoms with Crippen LogP contribution in [0, 0.1) is 0 Å². The van der Waals surface area contributed by atoms with E-state index in [1.165, 1.54) is 6.07 Å². The lowest BCUT2D eigenvalue weighted by molar-refractivity contribution is 0.187. The molecule has 5 nitrogen and oxygen atoms in total. The molecule has 0 spiro atoms. The Kier molecular flexibility index (Phi) is 4.50. The molecule has 1 unspecified atom stereocenters. The molecule has 17 heavy (non-hydrogen) atoms. The van der Waals surface area contributed by atoms with Gasteiger partial charge in [0.25, 0.3) is 0 Å². The molecule has 0 aliphatic rings. The minimum Gasteiger partial charge on any atom is -0.393 e. The second-order valence-electron chi connectivity index (χ2n) is 4.07. The van der Waals surface area contributed by atoms with Gasteiger partial charge in [0.2, 0.25) is 10.0 Å². The summed E-state index contributed by atoms with van der Waals surface area (Å²) in [5.74, 6) is 0. The van der Waals surface area contributed by atoms with Crippen molar-refractivity contribution >= 4 is 15.7 Å². The van der Waals surface area contributed by atoms with E-state index in [2.05, 4.69) is 0 Å². The van der Waals surface area contributed by atoms with Gasteiger partial charge in [-0.15, -0.1) is 0 Å². The summed E-state index contributed by atoms with van der Waals surface area (Å²) in [7, 11) is -1.95. The number of aliphatic hydroxyl groups excluding tert-OH is 1. The zero-order valence-corrected chi connectivity index (χ0v) is 10.8. The molecule has 6 heteroatoms. The molecule has 0 aliphatic heterocycles. The normalized spacial score (nSPS) is 13.4. The quantitative estimate of drug-likeness (QED) is 0.807. The first-order valence-electron chi connectivity index (χ1n) is 5.33. The fraction of sp³-hybridized carbons (Fsp3) is 0.455. The summed E-state index contributed by atoms with van der Waals surface area (Å²) in [5.41, 5.74) is 0.552. The third kappa shape index (κ3) is 3.99. The topological polar surface area (TPSA) is 83.6 Å². The van der Waals surface area contributed by atoms with Gasteiger partial charge in [0.1, 0.15) is 4.90 Å². The molecule has 1 aromatic carbocycles. The maximum absolute atomic E-state index is 11.4. The van der Waals surface area contributed by atoms with Crippen molar-refractivity contribution in [2.75, 3.05) is 18.5 Å². The van der Waals surface area contributed by atoms with Crippen molar-refractivity contribution < 1.29 is 13.5 Å². The standard InChI is InChI=1S/C11H18N2O3S/c1-9(14)7-8-13(2)10-5-3-4-6-11(10)17(12,15)16/h3-6,9,14H,7-8H2,1-2H3,(H2,12,15,16). The molecular weight excluding hydrogens is 240 g/mol. The number of rotatable bonds is 5. The predicted octanol–water partition coefficient (Wildman–Crippen LogP) is 0.541. The first-order chi connectivity index (χ1) is 7.82. The van der Waals surface area contributed by atoms with Crippen LogP contribution in [0.15, 0.2) is 29.2 Å². The maximum atomic E-state index is 11.4. The number of nitrogens with two attached hydrogens (primary N) is 1. The highest BCUT2D eigenvalue weighted by Gasteiger charge is 2.15. The van der Waals surface area contributed by atoms with E-state index in [0.29, 0.717) is 18.7 Å². The zero-order valence-electron chi connectivity index (χ0n) is 10.00. The molecule has 0 amide bonds. The Labute approximate surface area is 102 Å². The lowest BCUT2D eigenvalue weighted by Gasteiger charge is -2.22. The van der Waals surface area contributed by atoms with Gasteiger partial charge in [-0.3, -0.25) is 0 Å². The van der Waals surface area contributed by atoms with Gasteiger partial charge in [0.15, 0.2) is 0 Å². The molecule has 96 valence electrons. The van der Waals surface area contributed by atoms with Crippen LogP contribution in [0.4, 0.5) is 5.69 Å². The van der Waals surface area contributed by atoms with E-state index in [1.54, 1.807) is 37.1 Å². The van der Waals surface area contributed by atoms with Crippen molar-refractivity contribution in [2.45, 2.75) is 24.3 Å². The summed E-state index contributed by atoms with van der Waals surface area (Å²) in [5, 5.41) is 14.4. The number of para-hydroxylation sites is 1. The average Bonchev–Trinajstić information content (AvgIpc) is 2.24. The Bertz CT molecular complexity index is 471. The molecule has 0 aromatic heterocycles. The second-order valence-corrected chi connectivity index (χ2v) is 5.60. The van der Waals surface area contributed by atoms with Gasteiger partial charge in [-0.05, 0) is 25.5 Å². The number of hydrogen-bond acceptors (Lipinski definition) is 4. The highest BCUT2D eigenvalue weighted by atomic mass is 32.2. The number of nitrogens with zero attached hydrogens (tertiary/aromatic N) is 1. The number of anilines is 1. The van der Waals surface area contributed by atoms with Crippen molar-refractivity contribution in [3.8, 4) is 0 Å². The van der Waals surface area contributed by atoms with Crippen LogP contribution in [-0.2, 0) is 10.0 Å². The summed E-state index contributed by atoms with van der Waals surface area (Å²) in [6.45, 7) is 2.25. The molecule has 0 aliphatic carbocycles. The van der Waals surface area contributed by atoms with Crippen LogP contribution in [0.5, 0.6) is 0 Å². The molecule has 0 saturated carbocycles. The summed E-state index contributed by atoms with van der Waals surface area (Å²) < 4.78 is 22.8. The number of aliphatic hydroxyl groups is 1. The van der Waals surface area contributed by atoms with E-state index in [0.717, 1.165) is 0 Å². The first kappa shape index (κ1) is 14.0. The fourth-order valence-electron chi connectivity index (χ4n) is 1.51. The summed E-state index contributed by atoms with van der Waals surface area (Å²) >= 11 is 0. The average molecular weight is 258 g/mol. The van der Waals surface area contributed by atoms with Gasteiger partial charge in [-0.2, -0.15) is 0 Å². The summed E-state index contributed by atoms with van der Waals surface area (Å²) in [6, 6.07) is 6.56. The van der Waals surface area contributed by atoms with Crippen LogP contribution in [0.2, 0.25) is 0 Å². The Morgan fingerprint density at radius 2 is 2.00 bits per heavy atom. The van der Waals surface area contributed by atoms with Gasteiger partial charge in [0, 0.05) is 13.6 Å². The van der Waals surface area contributed by atoms with Gasteiger partial charge in [-0.25, -0.2) is 13.6 Å². The SMILES string of the molecule is CC(O)CCN(C)c1ccccc1S(N)(=O)=O. The molecular formula is C11H18N2O3S. The van der Waals surface area contributed by atoms with Gasteiger partial charge in [0.05, 0.1) is 11.8 Å². The van der Waals surface area contributed by atoms with Crippen molar-refractivity contribution in [3.63, 3.8) is 0 Å². The van der Waals surface area contributed by atoms with E-state index in [9.17, 15) is 13.5 Å². The Balaban J connectivity index is 2.98. The summed E-state index contributed by atoms with van der Waals surface area (Å²) in [6.07, 6.45) is 0.147. The van der Waals surface area contributed by atoms with Crippen LogP contribution in [0.1, 0.15) is 13.3 Å². The van der Waals surface area contributed by atoms with Crippen LogP contribution >= 0.6 is 0 Å². The molecule has 0 saturated heterocycles. The van der Waals surface area contributed by atoms with Gasteiger partial charge >= 0.3 is 0 Å². The van der Waals surface area contributed by atoms with Crippen LogP contribution in [0.3, 0.4) is 0 Å². The maximum Gasteiger partial charge on any atom is 0.240 e. The Hall–Kier alpha value is -1.11. The third-order valence-electron chi connectivity index (χ3n) is 2.47. The monoisotopic (exact) mass is 258 g/mol. The van der Waals surface area contributed by atoms with E-state index >= 15 is 0 Å². The second kappa shape index (κ2) is 5.48. The molecule has 1 rings (SSSR count). The zero-order chi connectivity index (χ0) is 13.1. The van der Waals surface area contributed by atoms with Crippen LogP contribution < -0.4 is 10.0 Å². The van der Waals surface area contributed by atoms with Crippen molar-refractivity contribution in [1.82, 2.24) is 0 Å². The summed E-state index contributed by atoms with van der Waals surface area (Å²) in [4.78, 5) is 1.88. The van der Waals surface area contributed by atoms with E-state index in [-0.39, 0.29) is 4.90 Å².